The number of carbonyl (C=O) groups is 1. The van der Waals surface area contributed by atoms with Crippen molar-refractivity contribution in [3.63, 3.8) is 0 Å². The fourth-order valence-corrected chi connectivity index (χ4v) is 3.62. The first kappa shape index (κ1) is 20.0. The first-order chi connectivity index (χ1) is 13.2. The Bertz CT molecular complexity index is 886. The molecule has 1 fully saturated rings. The van der Waals surface area contributed by atoms with Gasteiger partial charge >= 0.3 is 6.18 Å². The maximum atomic E-state index is 12.5. The van der Waals surface area contributed by atoms with E-state index in [1.165, 1.54) is 5.56 Å². The molecular weight excluding hydrogens is 373 g/mol. The molecule has 0 atom stereocenters. The molecule has 0 aliphatic heterocycles. The van der Waals surface area contributed by atoms with Crippen LogP contribution < -0.4 is 10.9 Å². The van der Waals surface area contributed by atoms with E-state index < -0.39 is 29.9 Å². The molecule has 8 heteroatoms. The van der Waals surface area contributed by atoms with Gasteiger partial charge in [0.1, 0.15) is 6.54 Å². The Labute approximate surface area is 159 Å². The molecule has 5 nitrogen and oxygen atoms in total. The lowest BCUT2D eigenvalue weighted by Crippen LogP contribution is -2.38. The molecule has 1 aliphatic rings. The van der Waals surface area contributed by atoms with Crippen LogP contribution in [0.3, 0.4) is 0 Å². The summed E-state index contributed by atoms with van der Waals surface area (Å²) in [6.07, 6.45) is -0.440. The van der Waals surface area contributed by atoms with Gasteiger partial charge in [0.05, 0.1) is 5.56 Å². The van der Waals surface area contributed by atoms with Crippen molar-refractivity contribution in [1.82, 2.24) is 9.88 Å². The summed E-state index contributed by atoms with van der Waals surface area (Å²) in [4.78, 5) is 24.3. The van der Waals surface area contributed by atoms with Crippen molar-refractivity contribution in [3.05, 3.63) is 64.1 Å². The zero-order valence-corrected chi connectivity index (χ0v) is 15.1. The number of aromatic hydroxyl groups is 1. The largest absolute Gasteiger partial charge is 0.502 e. The number of rotatable bonds is 4. The van der Waals surface area contributed by atoms with E-state index in [0.29, 0.717) is 10.5 Å². The highest BCUT2D eigenvalue weighted by Crippen LogP contribution is 2.32. The lowest BCUT2D eigenvalue weighted by atomic mass is 9.82. The van der Waals surface area contributed by atoms with Gasteiger partial charge in [0.15, 0.2) is 5.75 Å². The lowest BCUT2D eigenvalue weighted by molar-refractivity contribution is -0.141. The van der Waals surface area contributed by atoms with E-state index in [0.717, 1.165) is 37.9 Å². The molecule has 1 aromatic carbocycles. The van der Waals surface area contributed by atoms with E-state index in [1.54, 1.807) is 0 Å². The molecule has 0 saturated heterocycles. The number of aromatic nitrogens is 1. The van der Waals surface area contributed by atoms with Gasteiger partial charge < -0.3 is 15.0 Å². The Balaban J connectivity index is 1.63. The van der Waals surface area contributed by atoms with E-state index in [9.17, 15) is 27.9 Å². The van der Waals surface area contributed by atoms with E-state index in [1.807, 2.05) is 18.2 Å². The third-order valence-corrected chi connectivity index (χ3v) is 5.07. The molecular formula is C20H21F3N2O3. The van der Waals surface area contributed by atoms with Crippen LogP contribution in [-0.4, -0.2) is 27.8 Å². The van der Waals surface area contributed by atoms with E-state index >= 15 is 0 Å². The van der Waals surface area contributed by atoms with E-state index in [4.69, 9.17) is 0 Å². The minimum absolute atomic E-state index is 0.107. The number of hydrogen-bond donors (Lipinski definition) is 2. The van der Waals surface area contributed by atoms with Crippen LogP contribution in [0.15, 0.2) is 47.4 Å². The average molecular weight is 394 g/mol. The quantitative estimate of drug-likeness (QED) is 0.833. The van der Waals surface area contributed by atoms with E-state index in [2.05, 4.69) is 17.4 Å². The van der Waals surface area contributed by atoms with Crippen molar-refractivity contribution in [2.75, 3.05) is 0 Å². The molecule has 0 spiro atoms. The molecule has 150 valence electrons. The Hall–Kier alpha value is -2.77. The highest BCUT2D eigenvalue weighted by atomic mass is 19.4. The summed E-state index contributed by atoms with van der Waals surface area (Å²) >= 11 is 0. The standard InChI is InChI=1S/C20H21F3N2O3/c21-20(22,23)12-25-11-10-16(17(26)19(25)28)18(27)24-15-8-6-14(7-9-15)13-4-2-1-3-5-13/h1-5,10-11,14-15,26H,6-9,12H2,(H,24,27)/t14-,15+. The molecule has 3 rings (SSSR count). The van der Waals surface area contributed by atoms with Crippen molar-refractivity contribution < 1.29 is 23.1 Å². The SMILES string of the molecule is O=C(N[C@H]1CC[C@@H](c2ccccc2)CC1)c1ccn(CC(F)(F)F)c(=O)c1O. The Morgan fingerprint density at radius 1 is 1.11 bits per heavy atom. The monoisotopic (exact) mass is 394 g/mol. The predicted molar refractivity (Wildman–Crippen MR) is 97.3 cm³/mol. The maximum Gasteiger partial charge on any atom is 0.406 e. The van der Waals surface area contributed by atoms with Gasteiger partial charge in [-0.15, -0.1) is 0 Å². The van der Waals surface area contributed by atoms with Crippen LogP contribution in [-0.2, 0) is 6.54 Å². The molecule has 1 heterocycles. The van der Waals surface area contributed by atoms with Gasteiger partial charge in [-0.3, -0.25) is 9.59 Å². The van der Waals surface area contributed by atoms with Gasteiger partial charge in [0, 0.05) is 12.2 Å². The minimum Gasteiger partial charge on any atom is -0.502 e. The number of amides is 1. The first-order valence-corrected chi connectivity index (χ1v) is 9.09. The second-order valence-corrected chi connectivity index (χ2v) is 7.06. The topological polar surface area (TPSA) is 71.3 Å². The van der Waals surface area contributed by atoms with Crippen LogP contribution in [0.1, 0.15) is 47.5 Å². The fraction of sp³-hybridized carbons (Fsp3) is 0.400. The molecule has 1 aromatic heterocycles. The number of nitrogens with one attached hydrogen (secondary N) is 1. The summed E-state index contributed by atoms with van der Waals surface area (Å²) in [6.45, 7) is -1.52. The van der Waals surface area contributed by atoms with E-state index in [-0.39, 0.29) is 11.6 Å². The van der Waals surface area contributed by atoms with Gasteiger partial charge in [0.25, 0.3) is 11.5 Å². The van der Waals surface area contributed by atoms with Crippen molar-refractivity contribution in [3.8, 4) is 5.75 Å². The van der Waals surface area contributed by atoms with Crippen LogP contribution in [0, 0.1) is 0 Å². The molecule has 1 aliphatic carbocycles. The summed E-state index contributed by atoms with van der Waals surface area (Å²) < 4.78 is 37.7. The number of hydrogen-bond acceptors (Lipinski definition) is 3. The molecule has 0 unspecified atom stereocenters. The van der Waals surface area contributed by atoms with Gasteiger partial charge in [0.2, 0.25) is 0 Å². The highest BCUT2D eigenvalue weighted by molar-refractivity contribution is 5.96. The number of benzene rings is 1. The lowest BCUT2D eigenvalue weighted by Gasteiger charge is -2.29. The molecule has 0 radical (unpaired) electrons. The summed E-state index contributed by atoms with van der Waals surface area (Å²) in [5, 5.41) is 12.7. The summed E-state index contributed by atoms with van der Waals surface area (Å²) in [7, 11) is 0. The number of halogens is 3. The number of nitrogens with zero attached hydrogens (tertiary/aromatic N) is 1. The fourth-order valence-electron chi connectivity index (χ4n) is 3.62. The molecule has 0 bridgehead atoms. The number of pyridine rings is 1. The smallest absolute Gasteiger partial charge is 0.406 e. The normalized spacial score (nSPS) is 20.0. The van der Waals surface area contributed by atoms with Crippen LogP contribution >= 0.6 is 0 Å². The third-order valence-electron chi connectivity index (χ3n) is 5.07. The van der Waals surface area contributed by atoms with Crippen molar-refractivity contribution in [1.29, 1.82) is 0 Å². The van der Waals surface area contributed by atoms with Crippen molar-refractivity contribution in [2.45, 2.75) is 50.4 Å². The van der Waals surface area contributed by atoms with Gasteiger partial charge in [-0.25, -0.2) is 0 Å². The van der Waals surface area contributed by atoms with Crippen molar-refractivity contribution in [2.24, 2.45) is 0 Å². The maximum absolute atomic E-state index is 12.5. The van der Waals surface area contributed by atoms with Gasteiger partial charge in [-0.2, -0.15) is 13.2 Å². The summed E-state index contributed by atoms with van der Waals surface area (Å²) in [5.74, 6) is -1.20. The van der Waals surface area contributed by atoms with Crippen LogP contribution in [0.2, 0.25) is 0 Å². The second kappa shape index (κ2) is 8.08. The van der Waals surface area contributed by atoms with Crippen LogP contribution in [0.5, 0.6) is 5.75 Å². The van der Waals surface area contributed by atoms with Crippen LogP contribution in [0.4, 0.5) is 13.2 Å². The number of alkyl halides is 3. The third kappa shape index (κ3) is 4.74. The van der Waals surface area contributed by atoms with Crippen LogP contribution in [0.25, 0.3) is 0 Å². The zero-order chi connectivity index (χ0) is 20.3. The minimum atomic E-state index is -4.60. The predicted octanol–water partition coefficient (Wildman–Crippen LogP) is 3.57. The zero-order valence-electron chi connectivity index (χ0n) is 15.1. The molecule has 2 aromatic rings. The second-order valence-electron chi connectivity index (χ2n) is 7.06. The Kier molecular flexibility index (Phi) is 5.76. The molecule has 1 amide bonds. The van der Waals surface area contributed by atoms with Crippen molar-refractivity contribution >= 4 is 5.91 Å². The highest BCUT2D eigenvalue weighted by Gasteiger charge is 2.30. The number of carbonyl (C=O) groups excluding carboxylic acids is 1. The first-order valence-electron chi connectivity index (χ1n) is 9.09. The summed E-state index contributed by atoms with van der Waals surface area (Å²) in [6, 6.07) is 11.0. The Morgan fingerprint density at radius 2 is 1.75 bits per heavy atom. The van der Waals surface area contributed by atoms with Gasteiger partial charge in [-0.05, 0) is 43.2 Å². The van der Waals surface area contributed by atoms with Gasteiger partial charge in [-0.1, -0.05) is 30.3 Å². The molecule has 28 heavy (non-hydrogen) atoms. The Morgan fingerprint density at radius 3 is 2.36 bits per heavy atom. The summed E-state index contributed by atoms with van der Waals surface area (Å²) in [5.41, 5.74) is -0.287. The molecule has 2 N–H and O–H groups in total. The molecule has 1 saturated carbocycles. The average Bonchev–Trinajstić information content (AvgIpc) is 2.66.